The highest BCUT2D eigenvalue weighted by atomic mass is 32.2. The molecular formula is C28H44O5S2Si. The Bertz CT molecular complexity index is 860. The van der Waals surface area contributed by atoms with Crippen molar-refractivity contribution in [2.75, 3.05) is 18.1 Å². The van der Waals surface area contributed by atoms with Crippen molar-refractivity contribution >= 4 is 49.7 Å². The van der Waals surface area contributed by atoms with Crippen LogP contribution in [0.25, 0.3) is 6.08 Å². The molecule has 1 N–H and O–H groups in total. The first-order valence-electron chi connectivity index (χ1n) is 12.9. The molecule has 0 bridgehead atoms. The second-order valence-corrected chi connectivity index (χ2v) is 18.8. The molecule has 5 nitrogen and oxygen atoms in total. The summed E-state index contributed by atoms with van der Waals surface area (Å²) < 4.78 is 11.6. The van der Waals surface area contributed by atoms with Crippen molar-refractivity contribution in [2.45, 2.75) is 94.2 Å². The van der Waals surface area contributed by atoms with Crippen LogP contribution in [0.2, 0.25) is 18.1 Å². The van der Waals surface area contributed by atoms with Crippen LogP contribution in [0.3, 0.4) is 0 Å². The maximum Gasteiger partial charge on any atom is 0.313 e. The molecule has 1 aliphatic heterocycles. The van der Waals surface area contributed by atoms with Gasteiger partial charge in [-0.1, -0.05) is 63.3 Å². The van der Waals surface area contributed by atoms with E-state index in [4.69, 9.17) is 9.16 Å². The van der Waals surface area contributed by atoms with Crippen LogP contribution in [0.15, 0.2) is 36.4 Å². The van der Waals surface area contributed by atoms with Gasteiger partial charge in [0.2, 0.25) is 0 Å². The number of hydrogen-bond donors (Lipinski definition) is 1. The van der Waals surface area contributed by atoms with Gasteiger partial charge in [0.25, 0.3) is 0 Å². The number of benzene rings is 1. The smallest absolute Gasteiger partial charge is 0.313 e. The first-order valence-corrected chi connectivity index (χ1v) is 17.8. The van der Waals surface area contributed by atoms with Gasteiger partial charge in [0.05, 0.1) is 16.8 Å². The summed E-state index contributed by atoms with van der Waals surface area (Å²) >= 11 is 3.90. The molecule has 0 unspecified atom stereocenters. The van der Waals surface area contributed by atoms with E-state index in [0.29, 0.717) is 6.42 Å². The predicted octanol–water partition coefficient (Wildman–Crippen LogP) is 6.71. The lowest BCUT2D eigenvalue weighted by molar-refractivity contribution is -0.145. The molecule has 0 aliphatic carbocycles. The minimum Gasteiger partial charge on any atom is -0.466 e. The van der Waals surface area contributed by atoms with Gasteiger partial charge in [0, 0.05) is 12.5 Å². The Kier molecular flexibility index (Phi) is 12.3. The number of ketones is 1. The lowest BCUT2D eigenvalue weighted by atomic mass is 10.0. The second-order valence-electron chi connectivity index (χ2n) is 10.9. The number of esters is 1. The number of hydrogen-bond acceptors (Lipinski definition) is 7. The molecule has 0 spiro atoms. The fourth-order valence-electron chi connectivity index (χ4n) is 3.84. The lowest BCUT2D eigenvalue weighted by Gasteiger charge is -2.43. The van der Waals surface area contributed by atoms with E-state index in [9.17, 15) is 14.7 Å². The molecular weight excluding hydrogens is 509 g/mol. The van der Waals surface area contributed by atoms with Crippen LogP contribution >= 0.6 is 23.5 Å². The quantitative estimate of drug-likeness (QED) is 0.166. The molecule has 1 heterocycles. The van der Waals surface area contributed by atoms with Crippen LogP contribution in [0.5, 0.6) is 0 Å². The van der Waals surface area contributed by atoms with Crippen molar-refractivity contribution in [3.63, 3.8) is 0 Å². The van der Waals surface area contributed by atoms with Gasteiger partial charge in [0.15, 0.2) is 8.32 Å². The predicted molar refractivity (Wildman–Crippen MR) is 156 cm³/mol. The largest absolute Gasteiger partial charge is 0.466 e. The Morgan fingerprint density at radius 2 is 1.81 bits per heavy atom. The molecule has 202 valence electrons. The van der Waals surface area contributed by atoms with E-state index in [0.717, 1.165) is 23.5 Å². The molecule has 2 rings (SSSR count). The van der Waals surface area contributed by atoms with Gasteiger partial charge in [-0.25, -0.2) is 0 Å². The molecule has 0 radical (unpaired) electrons. The molecule has 0 aromatic heterocycles. The summed E-state index contributed by atoms with van der Waals surface area (Å²) in [5.74, 6) is 1.33. The average Bonchev–Trinajstić information content (AvgIpc) is 2.78. The molecule has 1 aromatic rings. The zero-order valence-corrected chi connectivity index (χ0v) is 25.4. The molecule has 2 atom stereocenters. The van der Waals surface area contributed by atoms with Crippen molar-refractivity contribution in [2.24, 2.45) is 0 Å². The van der Waals surface area contributed by atoms with Crippen LogP contribution in [0.4, 0.5) is 0 Å². The van der Waals surface area contributed by atoms with E-state index in [1.54, 1.807) is 6.92 Å². The van der Waals surface area contributed by atoms with Gasteiger partial charge in [-0.15, -0.1) is 23.5 Å². The number of ether oxygens (including phenoxy) is 1. The summed E-state index contributed by atoms with van der Waals surface area (Å²) in [6.45, 7) is 13.0. The zero-order valence-electron chi connectivity index (χ0n) is 22.7. The van der Waals surface area contributed by atoms with E-state index in [2.05, 4.69) is 58.2 Å². The van der Waals surface area contributed by atoms with Crippen LogP contribution in [-0.2, 0) is 18.8 Å². The molecule has 0 amide bonds. The van der Waals surface area contributed by atoms with E-state index < -0.39 is 20.4 Å². The number of thioether (sulfide) groups is 2. The van der Waals surface area contributed by atoms with Crippen LogP contribution in [0.1, 0.15) is 65.4 Å². The normalized spacial score (nSPS) is 18.1. The Hall–Kier alpha value is -1.06. The fraction of sp³-hybridized carbons (Fsp3) is 0.643. The van der Waals surface area contributed by atoms with Crippen molar-refractivity contribution in [1.29, 1.82) is 0 Å². The summed E-state index contributed by atoms with van der Waals surface area (Å²) in [6.07, 6.45) is 5.35. The number of carbonyl (C=O) groups excluding carboxylic acids is 2. The van der Waals surface area contributed by atoms with E-state index in [-0.39, 0.29) is 40.5 Å². The first kappa shape index (κ1) is 31.2. The highest BCUT2D eigenvalue weighted by molar-refractivity contribution is 8.19. The van der Waals surface area contributed by atoms with Crippen molar-refractivity contribution in [1.82, 2.24) is 0 Å². The molecule has 1 aromatic carbocycles. The van der Waals surface area contributed by atoms with Gasteiger partial charge in [-0.3, -0.25) is 9.59 Å². The number of aliphatic hydroxyl groups is 1. The molecule has 8 heteroatoms. The Balaban J connectivity index is 2.22. The summed E-state index contributed by atoms with van der Waals surface area (Å²) in [4.78, 5) is 24.1. The maximum atomic E-state index is 12.4. The third-order valence-electron chi connectivity index (χ3n) is 6.74. The average molecular weight is 553 g/mol. The highest BCUT2D eigenvalue weighted by Crippen LogP contribution is 2.49. The van der Waals surface area contributed by atoms with Gasteiger partial charge >= 0.3 is 5.97 Å². The van der Waals surface area contributed by atoms with Crippen LogP contribution in [0, 0.1) is 0 Å². The van der Waals surface area contributed by atoms with Gasteiger partial charge in [-0.2, -0.15) is 0 Å². The molecule has 36 heavy (non-hydrogen) atoms. The number of aliphatic hydroxyl groups excluding tert-OH is 1. The van der Waals surface area contributed by atoms with Gasteiger partial charge in [0.1, 0.15) is 12.2 Å². The van der Waals surface area contributed by atoms with Crippen molar-refractivity contribution in [3.8, 4) is 0 Å². The third-order valence-corrected chi connectivity index (χ3v) is 14.5. The maximum absolute atomic E-state index is 12.4. The van der Waals surface area contributed by atoms with Gasteiger partial charge < -0.3 is 14.3 Å². The van der Waals surface area contributed by atoms with E-state index in [1.807, 2.05) is 41.7 Å². The Morgan fingerprint density at radius 3 is 2.39 bits per heavy atom. The molecule has 1 aliphatic rings. The van der Waals surface area contributed by atoms with Crippen LogP contribution < -0.4 is 0 Å². The number of carbonyl (C=O) groups is 2. The van der Waals surface area contributed by atoms with Crippen molar-refractivity contribution in [3.05, 3.63) is 42.0 Å². The monoisotopic (exact) mass is 552 g/mol. The lowest BCUT2D eigenvalue weighted by Crippen LogP contribution is -2.46. The van der Waals surface area contributed by atoms with Gasteiger partial charge in [-0.05, 0) is 61.4 Å². The van der Waals surface area contributed by atoms with E-state index >= 15 is 0 Å². The summed E-state index contributed by atoms with van der Waals surface area (Å²) in [5.41, 5.74) is 1.16. The minimum absolute atomic E-state index is 0.0236. The summed E-state index contributed by atoms with van der Waals surface area (Å²) in [5, 5.41) is 10.9. The third kappa shape index (κ3) is 10.4. The number of Topliss-reactive ketones (excluding diaryl/α,β-unsaturated/α-hetero) is 1. The summed E-state index contributed by atoms with van der Waals surface area (Å²) in [6, 6.07) is 10.3. The number of rotatable bonds is 13. The molecule has 1 fully saturated rings. The second kappa shape index (κ2) is 14.2. The Labute approximate surface area is 227 Å². The molecule has 0 saturated carbocycles. The molecule has 1 saturated heterocycles. The van der Waals surface area contributed by atoms with Crippen LogP contribution in [-0.4, -0.2) is 59.6 Å². The minimum atomic E-state index is -2.13. The highest BCUT2D eigenvalue weighted by Gasteiger charge is 2.42. The Morgan fingerprint density at radius 1 is 1.17 bits per heavy atom. The topological polar surface area (TPSA) is 72.8 Å². The fourth-order valence-corrected chi connectivity index (χ4v) is 8.43. The zero-order chi connectivity index (χ0) is 26.8. The first-order chi connectivity index (χ1) is 16.9. The standard InChI is InChI=1S/C28H44O5S2Si/c1-7-32-26(31)20-24(30)18-23(29)19-25(33-36(5,6)27(2,3)4)21-28(34-16-11-17-35-28)15-14-22-12-9-8-10-13-22/h8-10,12-15,23,25,29H,7,11,16-21H2,1-6H3/b15-14+/t23-,25+/m1/s1. The SMILES string of the molecule is CCOC(=O)CC(=O)C[C@@H](O)C[C@@H](CC1(/C=C/c2ccccc2)SCCCS1)O[Si](C)(C)C(C)(C)C. The summed E-state index contributed by atoms with van der Waals surface area (Å²) in [7, 11) is -2.13. The van der Waals surface area contributed by atoms with Crippen molar-refractivity contribution < 1.29 is 23.9 Å². The van der Waals surface area contributed by atoms with E-state index in [1.165, 1.54) is 6.42 Å².